The molecule has 0 saturated heterocycles. The minimum atomic E-state index is -3.24. The number of rotatable bonds is 12. The summed E-state index contributed by atoms with van der Waals surface area (Å²) in [6, 6.07) is 0. The van der Waals surface area contributed by atoms with Gasteiger partial charge in [-0.2, -0.15) is 0 Å². The van der Waals surface area contributed by atoms with Gasteiger partial charge in [0, 0.05) is 26.9 Å². The lowest BCUT2D eigenvalue weighted by Gasteiger charge is -2.15. The fourth-order valence-electron chi connectivity index (χ4n) is 0.986. The summed E-state index contributed by atoms with van der Waals surface area (Å²) >= 11 is -5.38. The van der Waals surface area contributed by atoms with Crippen LogP contribution in [-0.2, 0) is 46.0 Å². The highest BCUT2D eigenvalue weighted by Crippen LogP contribution is 2.27. The Bertz CT molecular complexity index is 495. The molecule has 0 aliphatic rings. The Labute approximate surface area is 151 Å². The zero-order valence-electron chi connectivity index (χ0n) is 12.7. The minimum absolute atomic E-state index is 0.193. The van der Waals surface area contributed by atoms with E-state index >= 15 is 0 Å². The van der Waals surface area contributed by atoms with Crippen molar-refractivity contribution in [2.45, 2.75) is 0 Å². The van der Waals surface area contributed by atoms with Gasteiger partial charge in [0.2, 0.25) is 0 Å². The van der Waals surface area contributed by atoms with Gasteiger partial charge >= 0.3 is 20.4 Å². The zero-order chi connectivity index (χ0) is 20.1. The Kier molecular flexibility index (Phi) is 13.0. The number of hydrogen-bond donors (Lipinski definition) is 6. The number of nitrogens with one attached hydrogen (secondary N) is 2. The van der Waals surface area contributed by atoms with Gasteiger partial charge in [-0.25, -0.2) is 18.0 Å². The normalized spacial score (nSPS) is 13.5. The van der Waals surface area contributed by atoms with Gasteiger partial charge in [0.25, 0.3) is 22.5 Å². The van der Waals surface area contributed by atoms with Gasteiger partial charge in [-0.15, -0.1) is 10.1 Å². The second-order valence-electron chi connectivity index (χ2n) is 3.57. The number of amides is 2. The predicted octanol–water partition coefficient (Wildman–Crippen LogP) is -2.42. The van der Waals surface area contributed by atoms with Crippen LogP contribution in [0.5, 0.6) is 0 Å². The first-order chi connectivity index (χ1) is 12.2. The number of carbonyl (C=O) groups is 2. The van der Waals surface area contributed by atoms with Gasteiger partial charge in [-0.05, 0) is 9.77 Å². The predicted molar refractivity (Wildman–Crippen MR) is 82.1 cm³/mol. The van der Waals surface area contributed by atoms with Crippen molar-refractivity contribution in [3.8, 4) is 0 Å². The summed E-state index contributed by atoms with van der Waals surface area (Å²) in [5, 5.41) is 0.539. The largest absolute Gasteiger partial charge is 0.747 e. The Morgan fingerprint density at radius 2 is 1.27 bits per heavy atom. The van der Waals surface area contributed by atoms with Crippen LogP contribution >= 0.6 is 8.25 Å². The van der Waals surface area contributed by atoms with Gasteiger partial charge < -0.3 is 21.1 Å². The Morgan fingerprint density at radius 1 is 0.923 bits per heavy atom. The van der Waals surface area contributed by atoms with E-state index in [1.54, 1.807) is 0 Å². The molecule has 0 heterocycles. The average molecular weight is 443 g/mol. The number of nitrogens with zero attached hydrogens (tertiary/aromatic N) is 2. The van der Waals surface area contributed by atoms with E-state index in [9.17, 15) is 22.6 Å². The maximum atomic E-state index is 11.8. The molecule has 0 aromatic carbocycles. The van der Waals surface area contributed by atoms with E-state index in [0.717, 1.165) is 0 Å². The maximum absolute atomic E-state index is 11.8. The molecule has 152 valence electrons. The van der Waals surface area contributed by atoms with E-state index in [1.165, 1.54) is 9.77 Å². The Hall–Kier alpha value is -1.38. The Balaban J connectivity index is 4.77. The van der Waals surface area contributed by atoms with Gasteiger partial charge in [0.05, 0.1) is 13.1 Å². The summed E-state index contributed by atoms with van der Waals surface area (Å²) < 4.78 is 58.4. The maximum Gasteiger partial charge on any atom is 0.747 e. The fourth-order valence-corrected chi connectivity index (χ4v) is 1.92. The molecule has 0 fully saturated rings. The molecule has 0 saturated carbocycles. The van der Waals surface area contributed by atoms with E-state index in [1.807, 2.05) is 0 Å². The van der Waals surface area contributed by atoms with E-state index in [4.69, 9.17) is 20.6 Å². The quantitative estimate of drug-likeness (QED) is 0.105. The van der Waals surface area contributed by atoms with Crippen molar-refractivity contribution < 1.29 is 50.6 Å². The van der Waals surface area contributed by atoms with Crippen LogP contribution in [0.1, 0.15) is 0 Å². The average Bonchev–Trinajstić information content (AvgIpc) is 2.56. The smallest absolute Gasteiger partial charge is 0.337 e. The van der Waals surface area contributed by atoms with Gasteiger partial charge in [-0.3, -0.25) is 9.11 Å². The molecule has 0 aromatic heterocycles. The first kappa shape index (κ1) is 24.6. The van der Waals surface area contributed by atoms with E-state index < -0.39 is 43.0 Å². The molecule has 2 amide bonds. The van der Waals surface area contributed by atoms with Gasteiger partial charge in [-0.1, -0.05) is 0 Å². The number of hydrogen-bond acceptors (Lipinski definition) is 11. The van der Waals surface area contributed by atoms with E-state index in [0.29, 0.717) is 0 Å². The lowest BCUT2D eigenvalue weighted by molar-refractivity contribution is -0.0968. The van der Waals surface area contributed by atoms with E-state index in [2.05, 4.69) is 18.9 Å². The number of hydroxylamine groups is 4. The molecule has 17 nitrogen and oxygen atoms in total. The third-order valence-electron chi connectivity index (χ3n) is 1.80. The van der Waals surface area contributed by atoms with Crippen molar-refractivity contribution in [1.82, 2.24) is 19.9 Å². The second-order valence-corrected chi connectivity index (χ2v) is 5.67. The molecule has 2 unspecified atom stereocenters. The number of carbonyl (C=O) groups excluding carboxylic acids is 2. The SMILES string of the molecule is NCCN(O[P+](=O)ON(CCN)C(=O)ONS(=O)O)C(=O)ONS(=O)O. The van der Waals surface area contributed by atoms with Crippen LogP contribution in [0, 0.1) is 0 Å². The van der Waals surface area contributed by atoms with Crippen LogP contribution in [0.2, 0.25) is 0 Å². The lowest BCUT2D eigenvalue weighted by Crippen LogP contribution is -2.39. The van der Waals surface area contributed by atoms with E-state index in [-0.39, 0.29) is 36.3 Å². The standard InChI is InChI=1S/C6H15N6O11PS2/c7-1-3-11(5(13)20-9-25(16)17)22-24(15)23-12(4-2-8)6(14)21-10-26(18)19/h9-10H,1-4,7-8H2,(H-,16,17,18,19)/p+1. The van der Waals surface area contributed by atoms with Crippen molar-refractivity contribution in [2.75, 3.05) is 26.2 Å². The van der Waals surface area contributed by atoms with Crippen molar-refractivity contribution in [2.24, 2.45) is 11.5 Å². The summed E-state index contributed by atoms with van der Waals surface area (Å²) in [6.45, 7) is -1.15. The first-order valence-electron chi connectivity index (χ1n) is 6.14. The molecule has 2 atom stereocenters. The van der Waals surface area contributed by atoms with Crippen LogP contribution in [0.3, 0.4) is 0 Å². The van der Waals surface area contributed by atoms with Crippen molar-refractivity contribution in [3.63, 3.8) is 0 Å². The second kappa shape index (κ2) is 13.8. The summed E-state index contributed by atoms with van der Waals surface area (Å²) in [4.78, 5) is 34.0. The van der Waals surface area contributed by atoms with Crippen LogP contribution in [0.4, 0.5) is 9.59 Å². The monoisotopic (exact) mass is 443 g/mol. The summed E-state index contributed by atoms with van der Waals surface area (Å²) in [5.74, 6) is 0. The van der Waals surface area contributed by atoms with Crippen molar-refractivity contribution in [1.29, 1.82) is 0 Å². The molecular formula is C6H16N6O11PS2+. The number of nitrogens with two attached hydrogens (primary N) is 2. The topological polar surface area (TPSA) is 245 Å². The highest BCUT2D eigenvalue weighted by molar-refractivity contribution is 7.77. The first-order valence-corrected chi connectivity index (χ1v) is 9.45. The van der Waals surface area contributed by atoms with Crippen LogP contribution < -0.4 is 21.2 Å². The van der Waals surface area contributed by atoms with Crippen molar-refractivity contribution >= 4 is 43.0 Å². The van der Waals surface area contributed by atoms with Crippen molar-refractivity contribution in [3.05, 3.63) is 0 Å². The van der Waals surface area contributed by atoms with Crippen LogP contribution in [-0.4, -0.2) is 66.0 Å². The molecular weight excluding hydrogens is 427 g/mol. The highest BCUT2D eigenvalue weighted by Gasteiger charge is 2.37. The lowest BCUT2D eigenvalue weighted by atomic mass is 10.6. The van der Waals surface area contributed by atoms with Gasteiger partial charge in [0.15, 0.2) is 0 Å². The molecule has 0 aliphatic heterocycles. The van der Waals surface area contributed by atoms with Crippen LogP contribution in [0.15, 0.2) is 0 Å². The summed E-state index contributed by atoms with van der Waals surface area (Å²) in [5.41, 5.74) is 10.4. The molecule has 0 spiro atoms. The molecule has 20 heteroatoms. The zero-order valence-corrected chi connectivity index (χ0v) is 15.2. The molecule has 0 rings (SSSR count). The molecule has 0 bridgehead atoms. The Morgan fingerprint density at radius 3 is 1.54 bits per heavy atom. The molecule has 0 aromatic rings. The fraction of sp³-hybridized carbons (Fsp3) is 0.667. The molecule has 26 heavy (non-hydrogen) atoms. The minimum Gasteiger partial charge on any atom is -0.337 e. The molecule has 0 aliphatic carbocycles. The third kappa shape index (κ3) is 11.3. The summed E-state index contributed by atoms with van der Waals surface area (Å²) in [7, 11) is -3.24. The third-order valence-corrected chi connectivity index (χ3v) is 2.92. The molecule has 8 N–H and O–H groups in total. The van der Waals surface area contributed by atoms with Gasteiger partial charge in [0.1, 0.15) is 0 Å². The van der Waals surface area contributed by atoms with Crippen LogP contribution in [0.25, 0.3) is 0 Å². The summed E-state index contributed by atoms with van der Waals surface area (Å²) in [6.07, 6.45) is -2.81. The highest BCUT2D eigenvalue weighted by atomic mass is 32.2. The molecule has 0 radical (unpaired) electrons.